The van der Waals surface area contributed by atoms with Crippen LogP contribution in [0.15, 0.2) is 63.6 Å². The number of para-hydroxylation sites is 2. The van der Waals surface area contributed by atoms with E-state index in [-0.39, 0.29) is 33.5 Å². The molecular weight excluding hydrogens is 442 g/mol. The number of hydrogen-bond acceptors (Lipinski definition) is 7. The van der Waals surface area contributed by atoms with E-state index >= 15 is 0 Å². The van der Waals surface area contributed by atoms with Gasteiger partial charge in [0.2, 0.25) is 0 Å². The van der Waals surface area contributed by atoms with Crippen molar-refractivity contribution >= 4 is 50.5 Å². The lowest BCUT2D eigenvalue weighted by Crippen LogP contribution is -2.35. The number of sulfone groups is 1. The number of nitrogens with zero attached hydrogens (tertiary/aromatic N) is 1. The highest BCUT2D eigenvalue weighted by Gasteiger charge is 2.27. The molecule has 2 aromatic rings. The number of ether oxygens (including phenoxy) is 1. The molecule has 0 bridgehead atoms. The first-order valence-electron chi connectivity index (χ1n) is 9.26. The fourth-order valence-corrected chi connectivity index (χ4v) is 3.77. The summed E-state index contributed by atoms with van der Waals surface area (Å²) in [6.45, 7) is 3.46. The van der Waals surface area contributed by atoms with Crippen molar-refractivity contribution in [3.63, 3.8) is 0 Å². The number of nitrogens with one attached hydrogen (secondary N) is 2. The quantitative estimate of drug-likeness (QED) is 0.674. The van der Waals surface area contributed by atoms with Gasteiger partial charge in [-0.15, -0.1) is 0 Å². The molecule has 0 atom stereocenters. The third-order valence-corrected chi connectivity index (χ3v) is 5.83. The van der Waals surface area contributed by atoms with Crippen molar-refractivity contribution in [3.8, 4) is 0 Å². The number of amidine groups is 1. The van der Waals surface area contributed by atoms with Crippen LogP contribution < -0.4 is 10.6 Å². The SMILES string of the molecule is CCOC(=O)C1=C(C)Nc2ccccc2N=C1NC(=O)c1cc(S(C)(=O)=O)ccc1Cl. The zero-order chi connectivity index (χ0) is 22.8. The molecule has 0 fully saturated rings. The van der Waals surface area contributed by atoms with Crippen LogP contribution in [0.4, 0.5) is 11.4 Å². The van der Waals surface area contributed by atoms with Gasteiger partial charge in [-0.3, -0.25) is 4.79 Å². The van der Waals surface area contributed by atoms with E-state index in [9.17, 15) is 18.0 Å². The van der Waals surface area contributed by atoms with Gasteiger partial charge in [0.15, 0.2) is 9.84 Å². The maximum absolute atomic E-state index is 13.0. The van der Waals surface area contributed by atoms with Gasteiger partial charge in [-0.1, -0.05) is 23.7 Å². The molecular formula is C21H20ClN3O5S. The van der Waals surface area contributed by atoms with Crippen molar-refractivity contribution in [1.29, 1.82) is 0 Å². The summed E-state index contributed by atoms with van der Waals surface area (Å²) in [5.74, 6) is -1.43. The highest BCUT2D eigenvalue weighted by Crippen LogP contribution is 2.30. The lowest BCUT2D eigenvalue weighted by molar-refractivity contribution is -0.137. The van der Waals surface area contributed by atoms with E-state index in [4.69, 9.17) is 16.3 Å². The molecule has 0 unspecified atom stereocenters. The molecule has 1 aliphatic rings. The number of allylic oxidation sites excluding steroid dienone is 1. The van der Waals surface area contributed by atoms with Crippen LogP contribution in [-0.4, -0.2) is 39.0 Å². The van der Waals surface area contributed by atoms with Crippen LogP contribution in [0.1, 0.15) is 24.2 Å². The topological polar surface area (TPSA) is 114 Å². The first kappa shape index (κ1) is 22.5. The summed E-state index contributed by atoms with van der Waals surface area (Å²) in [7, 11) is -3.56. The number of esters is 1. The van der Waals surface area contributed by atoms with E-state index in [1.165, 1.54) is 18.2 Å². The molecule has 2 N–H and O–H groups in total. The number of carbonyl (C=O) groups is 2. The monoisotopic (exact) mass is 461 g/mol. The molecule has 0 aromatic heterocycles. The number of benzene rings is 2. The number of hydrogen-bond donors (Lipinski definition) is 2. The van der Waals surface area contributed by atoms with Crippen LogP contribution in [0.5, 0.6) is 0 Å². The maximum atomic E-state index is 13.0. The van der Waals surface area contributed by atoms with E-state index in [1.807, 2.05) is 0 Å². The number of rotatable bonds is 4. The minimum Gasteiger partial charge on any atom is -0.462 e. The van der Waals surface area contributed by atoms with Gasteiger partial charge in [-0.25, -0.2) is 18.2 Å². The third-order valence-electron chi connectivity index (χ3n) is 4.39. The van der Waals surface area contributed by atoms with Crippen LogP contribution >= 0.6 is 11.6 Å². The Morgan fingerprint density at radius 3 is 2.58 bits per heavy atom. The zero-order valence-corrected chi connectivity index (χ0v) is 18.6. The number of halogens is 1. The van der Waals surface area contributed by atoms with Crippen molar-refractivity contribution in [3.05, 3.63) is 64.3 Å². The average molecular weight is 462 g/mol. The Hall–Kier alpha value is -3.17. The molecule has 0 saturated carbocycles. The van der Waals surface area contributed by atoms with Gasteiger partial charge in [-0.2, -0.15) is 0 Å². The number of amides is 1. The summed E-state index contributed by atoms with van der Waals surface area (Å²) in [6, 6.07) is 10.9. The molecule has 1 aliphatic heterocycles. The van der Waals surface area contributed by atoms with Crippen LogP contribution in [-0.2, 0) is 19.4 Å². The van der Waals surface area contributed by atoms with Crippen molar-refractivity contribution in [2.75, 3.05) is 18.2 Å². The molecule has 8 nitrogen and oxygen atoms in total. The number of aliphatic imine (C=N–C) groups is 1. The summed E-state index contributed by atoms with van der Waals surface area (Å²) in [5.41, 5.74) is 1.54. The van der Waals surface area contributed by atoms with Crippen LogP contribution in [0, 0.1) is 0 Å². The van der Waals surface area contributed by atoms with E-state index in [1.54, 1.807) is 38.1 Å². The van der Waals surface area contributed by atoms with E-state index in [2.05, 4.69) is 15.6 Å². The van der Waals surface area contributed by atoms with Crippen LogP contribution in [0.2, 0.25) is 5.02 Å². The summed E-state index contributed by atoms with van der Waals surface area (Å²) in [5, 5.41) is 5.74. The third kappa shape index (κ3) is 4.95. The Kier molecular flexibility index (Phi) is 6.47. The highest BCUT2D eigenvalue weighted by molar-refractivity contribution is 7.90. The molecule has 0 saturated heterocycles. The van der Waals surface area contributed by atoms with Gasteiger partial charge in [0.1, 0.15) is 11.4 Å². The lowest BCUT2D eigenvalue weighted by Gasteiger charge is -2.14. The van der Waals surface area contributed by atoms with E-state index < -0.39 is 21.7 Å². The van der Waals surface area contributed by atoms with Crippen molar-refractivity contribution in [2.24, 2.45) is 4.99 Å². The Morgan fingerprint density at radius 1 is 1.19 bits per heavy atom. The standard InChI is InChI=1S/C21H20ClN3O5S/c1-4-30-21(27)18-12(2)23-16-7-5-6-8-17(16)24-19(18)25-20(26)14-11-13(31(3,28)29)9-10-15(14)22/h5-11,23H,4H2,1-3H3,(H,24,25,26). The van der Waals surface area contributed by atoms with Crippen molar-refractivity contribution < 1.29 is 22.7 Å². The largest absolute Gasteiger partial charge is 0.462 e. The molecule has 10 heteroatoms. The molecule has 0 aliphatic carbocycles. The summed E-state index contributed by atoms with van der Waals surface area (Å²) in [4.78, 5) is 30.0. The minimum absolute atomic E-state index is 0.0424. The number of anilines is 1. The van der Waals surface area contributed by atoms with Gasteiger partial charge in [0.25, 0.3) is 5.91 Å². The van der Waals surface area contributed by atoms with Crippen LogP contribution in [0.25, 0.3) is 0 Å². The molecule has 162 valence electrons. The Balaban J connectivity index is 2.08. The maximum Gasteiger partial charge on any atom is 0.343 e. The van der Waals surface area contributed by atoms with Crippen molar-refractivity contribution in [1.82, 2.24) is 5.32 Å². The number of fused-ring (bicyclic) bond motifs is 1. The van der Waals surface area contributed by atoms with Gasteiger partial charge in [0.05, 0.1) is 33.5 Å². The van der Waals surface area contributed by atoms with E-state index in [0.29, 0.717) is 17.1 Å². The molecule has 1 amide bonds. The molecule has 31 heavy (non-hydrogen) atoms. The predicted molar refractivity (Wildman–Crippen MR) is 119 cm³/mol. The fraction of sp³-hybridized carbons (Fsp3) is 0.190. The van der Waals surface area contributed by atoms with Crippen molar-refractivity contribution in [2.45, 2.75) is 18.7 Å². The smallest absolute Gasteiger partial charge is 0.343 e. The van der Waals surface area contributed by atoms with Gasteiger partial charge < -0.3 is 15.4 Å². The zero-order valence-electron chi connectivity index (χ0n) is 17.0. The molecule has 2 aromatic carbocycles. The second-order valence-electron chi connectivity index (χ2n) is 6.69. The molecule has 0 radical (unpaired) electrons. The Bertz CT molecular complexity index is 1240. The predicted octanol–water partition coefficient (Wildman–Crippen LogP) is 3.47. The summed E-state index contributed by atoms with van der Waals surface area (Å²) in [6.07, 6.45) is 1.03. The second kappa shape index (κ2) is 8.91. The second-order valence-corrected chi connectivity index (χ2v) is 9.11. The van der Waals surface area contributed by atoms with E-state index in [0.717, 1.165) is 6.26 Å². The van der Waals surface area contributed by atoms with Crippen LogP contribution in [0.3, 0.4) is 0 Å². The normalized spacial score (nSPS) is 13.5. The summed E-state index contributed by atoms with van der Waals surface area (Å²) >= 11 is 6.14. The fourth-order valence-electron chi connectivity index (χ4n) is 2.92. The molecule has 3 rings (SSSR count). The molecule has 1 heterocycles. The van der Waals surface area contributed by atoms with Gasteiger partial charge >= 0.3 is 5.97 Å². The molecule has 0 spiro atoms. The first-order chi connectivity index (χ1) is 14.6. The Morgan fingerprint density at radius 2 is 1.90 bits per heavy atom. The number of carbonyl (C=O) groups excluding carboxylic acids is 2. The average Bonchev–Trinajstić information content (AvgIpc) is 2.82. The highest BCUT2D eigenvalue weighted by atomic mass is 35.5. The summed E-state index contributed by atoms with van der Waals surface area (Å²) < 4.78 is 28.9. The first-order valence-corrected chi connectivity index (χ1v) is 11.5. The lowest BCUT2D eigenvalue weighted by atomic mass is 10.1. The minimum atomic E-state index is -3.56. The van der Waals surface area contributed by atoms with Gasteiger partial charge in [0, 0.05) is 12.0 Å². The Labute approximate surface area is 184 Å². The van der Waals surface area contributed by atoms with Gasteiger partial charge in [-0.05, 0) is 44.2 Å².